The standard InChI is InChI=1S/C13H14FN/c14-12-4-5-13-11(8-12)6-7-15(13)9-10-2-1-3-10/h4-8,10H,1-3,9H2. The van der Waals surface area contributed by atoms with Gasteiger partial charge in [-0.3, -0.25) is 0 Å². The Morgan fingerprint density at radius 3 is 2.87 bits per heavy atom. The second kappa shape index (κ2) is 3.37. The molecule has 1 aliphatic carbocycles. The molecule has 78 valence electrons. The molecule has 0 atom stereocenters. The van der Waals surface area contributed by atoms with Crippen LogP contribution in [-0.2, 0) is 6.54 Å². The van der Waals surface area contributed by atoms with E-state index in [1.807, 2.05) is 12.1 Å². The van der Waals surface area contributed by atoms with Crippen molar-refractivity contribution in [3.8, 4) is 0 Å². The van der Waals surface area contributed by atoms with E-state index in [1.165, 1.54) is 19.3 Å². The third-order valence-electron chi connectivity index (χ3n) is 3.41. The van der Waals surface area contributed by atoms with Gasteiger partial charge < -0.3 is 4.57 Å². The molecule has 1 aliphatic rings. The van der Waals surface area contributed by atoms with Crippen molar-refractivity contribution in [2.24, 2.45) is 5.92 Å². The Morgan fingerprint density at radius 1 is 1.27 bits per heavy atom. The van der Waals surface area contributed by atoms with Crippen molar-refractivity contribution in [1.29, 1.82) is 0 Å². The molecule has 0 radical (unpaired) electrons. The van der Waals surface area contributed by atoms with E-state index in [2.05, 4.69) is 10.8 Å². The second-order valence-corrected chi connectivity index (χ2v) is 4.47. The number of rotatable bonds is 2. The van der Waals surface area contributed by atoms with Crippen LogP contribution in [0, 0.1) is 11.7 Å². The summed E-state index contributed by atoms with van der Waals surface area (Å²) in [6.07, 6.45) is 6.14. The number of aromatic nitrogens is 1. The minimum atomic E-state index is -0.149. The lowest BCUT2D eigenvalue weighted by Gasteiger charge is -2.26. The van der Waals surface area contributed by atoms with Crippen LogP contribution < -0.4 is 0 Å². The summed E-state index contributed by atoms with van der Waals surface area (Å²) in [6.45, 7) is 1.09. The predicted molar refractivity (Wildman–Crippen MR) is 59.2 cm³/mol. The van der Waals surface area contributed by atoms with Crippen molar-refractivity contribution in [2.75, 3.05) is 0 Å². The highest BCUT2D eigenvalue weighted by atomic mass is 19.1. The number of benzene rings is 1. The third-order valence-corrected chi connectivity index (χ3v) is 3.41. The van der Waals surface area contributed by atoms with Gasteiger partial charge in [-0.25, -0.2) is 4.39 Å². The highest BCUT2D eigenvalue weighted by Crippen LogP contribution is 2.29. The summed E-state index contributed by atoms with van der Waals surface area (Å²) in [7, 11) is 0. The largest absolute Gasteiger partial charge is 0.347 e. The molecule has 1 heterocycles. The van der Waals surface area contributed by atoms with Crippen molar-refractivity contribution >= 4 is 10.9 Å². The maximum absolute atomic E-state index is 13.0. The fourth-order valence-corrected chi connectivity index (χ4v) is 2.28. The number of hydrogen-bond acceptors (Lipinski definition) is 0. The molecule has 1 fully saturated rings. The lowest BCUT2D eigenvalue weighted by molar-refractivity contribution is 0.280. The first-order valence-electron chi connectivity index (χ1n) is 5.57. The van der Waals surface area contributed by atoms with Gasteiger partial charge in [-0.15, -0.1) is 0 Å². The SMILES string of the molecule is Fc1ccc2c(ccn2CC2CCC2)c1. The average molecular weight is 203 g/mol. The minimum absolute atomic E-state index is 0.149. The Kier molecular flexibility index (Phi) is 2.01. The maximum atomic E-state index is 13.0. The molecule has 0 amide bonds. The van der Waals surface area contributed by atoms with E-state index >= 15 is 0 Å². The zero-order valence-corrected chi connectivity index (χ0v) is 8.62. The third kappa shape index (κ3) is 1.54. The Hall–Kier alpha value is -1.31. The molecule has 1 saturated carbocycles. The van der Waals surface area contributed by atoms with Crippen LogP contribution in [0.3, 0.4) is 0 Å². The first kappa shape index (κ1) is 8.96. The fraction of sp³-hybridized carbons (Fsp3) is 0.385. The van der Waals surface area contributed by atoms with Crippen LogP contribution >= 0.6 is 0 Å². The molecule has 0 unspecified atom stereocenters. The van der Waals surface area contributed by atoms with E-state index in [0.717, 1.165) is 23.4 Å². The molecule has 15 heavy (non-hydrogen) atoms. The average Bonchev–Trinajstić information content (AvgIpc) is 2.54. The molecule has 2 aromatic rings. The van der Waals surface area contributed by atoms with Gasteiger partial charge in [0.2, 0.25) is 0 Å². The van der Waals surface area contributed by atoms with Crippen molar-refractivity contribution in [1.82, 2.24) is 4.57 Å². The number of hydrogen-bond donors (Lipinski definition) is 0. The van der Waals surface area contributed by atoms with Crippen LogP contribution in [-0.4, -0.2) is 4.57 Å². The van der Waals surface area contributed by atoms with Crippen LogP contribution in [0.25, 0.3) is 10.9 Å². The van der Waals surface area contributed by atoms with Crippen LogP contribution in [0.4, 0.5) is 4.39 Å². The molecule has 0 N–H and O–H groups in total. The quantitative estimate of drug-likeness (QED) is 0.703. The highest BCUT2D eigenvalue weighted by molar-refractivity contribution is 5.80. The summed E-state index contributed by atoms with van der Waals surface area (Å²) in [5.41, 5.74) is 1.16. The normalized spacial score (nSPS) is 16.9. The molecule has 1 nitrogen and oxygen atoms in total. The number of nitrogens with zero attached hydrogens (tertiary/aromatic N) is 1. The van der Waals surface area contributed by atoms with Gasteiger partial charge in [-0.1, -0.05) is 6.42 Å². The van der Waals surface area contributed by atoms with Crippen molar-refractivity contribution in [3.05, 3.63) is 36.3 Å². The van der Waals surface area contributed by atoms with Crippen LogP contribution in [0.15, 0.2) is 30.5 Å². The van der Waals surface area contributed by atoms with E-state index in [4.69, 9.17) is 0 Å². The predicted octanol–water partition coefficient (Wildman–Crippen LogP) is 3.58. The summed E-state index contributed by atoms with van der Waals surface area (Å²) in [4.78, 5) is 0. The van der Waals surface area contributed by atoms with E-state index in [-0.39, 0.29) is 5.82 Å². The Labute approximate surface area is 88.5 Å². The lowest BCUT2D eigenvalue weighted by atomic mass is 9.85. The van der Waals surface area contributed by atoms with E-state index in [1.54, 1.807) is 12.1 Å². The summed E-state index contributed by atoms with van der Waals surface area (Å²) in [5, 5.41) is 1.01. The topological polar surface area (TPSA) is 4.93 Å². The minimum Gasteiger partial charge on any atom is -0.347 e. The summed E-state index contributed by atoms with van der Waals surface area (Å²) in [6, 6.07) is 7.02. The monoisotopic (exact) mass is 203 g/mol. The Bertz CT molecular complexity index is 482. The lowest BCUT2D eigenvalue weighted by Crippen LogP contribution is -2.17. The molecular formula is C13H14FN. The first-order chi connectivity index (χ1) is 7.33. The molecule has 0 spiro atoms. The number of fused-ring (bicyclic) bond motifs is 1. The number of halogens is 1. The maximum Gasteiger partial charge on any atom is 0.123 e. The van der Waals surface area contributed by atoms with Crippen LogP contribution in [0.1, 0.15) is 19.3 Å². The summed E-state index contributed by atoms with van der Waals surface area (Å²) in [5.74, 6) is 0.689. The van der Waals surface area contributed by atoms with Crippen molar-refractivity contribution in [3.63, 3.8) is 0 Å². The van der Waals surface area contributed by atoms with E-state index < -0.39 is 0 Å². The van der Waals surface area contributed by atoms with E-state index in [9.17, 15) is 4.39 Å². The van der Waals surface area contributed by atoms with Gasteiger partial charge in [0.1, 0.15) is 5.82 Å². The summed E-state index contributed by atoms with van der Waals surface area (Å²) >= 11 is 0. The van der Waals surface area contributed by atoms with Gasteiger partial charge in [-0.05, 0) is 43.0 Å². The Morgan fingerprint density at radius 2 is 2.13 bits per heavy atom. The van der Waals surface area contributed by atoms with Crippen molar-refractivity contribution in [2.45, 2.75) is 25.8 Å². The molecule has 1 aromatic heterocycles. The van der Waals surface area contributed by atoms with Crippen LogP contribution in [0.5, 0.6) is 0 Å². The fourth-order valence-electron chi connectivity index (χ4n) is 2.28. The van der Waals surface area contributed by atoms with E-state index in [0.29, 0.717) is 0 Å². The van der Waals surface area contributed by atoms with Gasteiger partial charge in [0.25, 0.3) is 0 Å². The van der Waals surface area contributed by atoms with Gasteiger partial charge in [0.05, 0.1) is 0 Å². The summed E-state index contributed by atoms with van der Waals surface area (Å²) < 4.78 is 15.2. The van der Waals surface area contributed by atoms with Gasteiger partial charge in [0, 0.05) is 23.6 Å². The first-order valence-corrected chi connectivity index (χ1v) is 5.57. The molecule has 0 saturated heterocycles. The van der Waals surface area contributed by atoms with Gasteiger partial charge >= 0.3 is 0 Å². The zero-order valence-electron chi connectivity index (χ0n) is 8.62. The van der Waals surface area contributed by atoms with Crippen LogP contribution in [0.2, 0.25) is 0 Å². The molecule has 0 bridgehead atoms. The Balaban J connectivity index is 1.96. The molecule has 2 heteroatoms. The van der Waals surface area contributed by atoms with Crippen molar-refractivity contribution < 1.29 is 4.39 Å². The molecule has 3 rings (SSSR count). The molecular weight excluding hydrogens is 189 g/mol. The molecule has 1 aromatic carbocycles. The zero-order chi connectivity index (χ0) is 10.3. The smallest absolute Gasteiger partial charge is 0.123 e. The van der Waals surface area contributed by atoms with Gasteiger partial charge in [-0.2, -0.15) is 0 Å². The van der Waals surface area contributed by atoms with Gasteiger partial charge in [0.15, 0.2) is 0 Å². The molecule has 0 aliphatic heterocycles. The highest BCUT2D eigenvalue weighted by Gasteiger charge is 2.18. The second-order valence-electron chi connectivity index (χ2n) is 4.47.